The zero-order chi connectivity index (χ0) is 29.3. The Hall–Kier alpha value is -4.66. The molecule has 5 rings (SSSR count). The summed E-state index contributed by atoms with van der Waals surface area (Å²) in [5.41, 5.74) is 1.63. The van der Waals surface area contributed by atoms with Gasteiger partial charge in [0.05, 0.1) is 26.4 Å². The van der Waals surface area contributed by atoms with Crippen LogP contribution in [0.2, 0.25) is 0 Å². The highest BCUT2D eigenvalue weighted by Gasteiger charge is 2.52. The highest BCUT2D eigenvalue weighted by atomic mass is 16.6. The Balaban J connectivity index is 1.62. The zero-order valence-corrected chi connectivity index (χ0v) is 22.8. The number of aromatic nitrogens is 6. The molecule has 6 bridgehead atoms. The van der Waals surface area contributed by atoms with Crippen LogP contribution in [-0.4, -0.2) is 91.3 Å². The van der Waals surface area contributed by atoms with E-state index in [0.717, 1.165) is 0 Å². The molecule has 1 saturated heterocycles. The number of benzene rings is 1. The van der Waals surface area contributed by atoms with Crippen molar-refractivity contribution in [3.63, 3.8) is 0 Å². The number of ketones is 1. The summed E-state index contributed by atoms with van der Waals surface area (Å²) in [5, 5.41) is 16.8. The fraction of sp³-hybridized carbons (Fsp3) is 0.462. The molecular formula is C26H28N6O9. The van der Waals surface area contributed by atoms with Gasteiger partial charge in [0.25, 0.3) is 0 Å². The van der Waals surface area contributed by atoms with E-state index in [1.165, 1.54) is 25.5 Å². The molecule has 41 heavy (non-hydrogen) atoms. The van der Waals surface area contributed by atoms with E-state index in [4.69, 9.17) is 23.7 Å². The first kappa shape index (κ1) is 27.9. The molecule has 0 amide bonds. The van der Waals surface area contributed by atoms with Crippen LogP contribution in [0.15, 0.2) is 30.5 Å². The van der Waals surface area contributed by atoms with Crippen molar-refractivity contribution in [3.05, 3.63) is 41.9 Å². The fourth-order valence-electron chi connectivity index (χ4n) is 5.06. The van der Waals surface area contributed by atoms with E-state index in [1.807, 2.05) is 0 Å². The van der Waals surface area contributed by atoms with Crippen LogP contribution < -0.4 is 4.74 Å². The SMILES string of the molecule is COc1ccc(-c2c3nnn2Cc2cn(nn2)C[C@H]2O[C@@H](CC3=O)[C@H](OC(C)=O)[C@@H](OC(C)=O)[C@@H]2OC(C)=O)cc1. The van der Waals surface area contributed by atoms with Crippen molar-refractivity contribution in [1.29, 1.82) is 0 Å². The summed E-state index contributed by atoms with van der Waals surface area (Å²) in [4.78, 5) is 50.2. The number of nitrogens with zero attached hydrogens (tertiary/aromatic N) is 6. The van der Waals surface area contributed by atoms with Crippen molar-refractivity contribution < 1.29 is 42.9 Å². The molecule has 0 saturated carbocycles. The van der Waals surface area contributed by atoms with E-state index in [0.29, 0.717) is 22.7 Å². The van der Waals surface area contributed by atoms with Gasteiger partial charge in [0.15, 0.2) is 29.8 Å². The van der Waals surface area contributed by atoms with E-state index in [9.17, 15) is 19.2 Å². The summed E-state index contributed by atoms with van der Waals surface area (Å²) in [6, 6.07) is 7.04. The molecule has 0 N–H and O–H groups in total. The molecule has 0 aliphatic carbocycles. The van der Waals surface area contributed by atoms with Gasteiger partial charge in [0.2, 0.25) is 0 Å². The standard InChI is InChI=1S/C26H28N6O9/c1-13(33)38-24-20-9-19(36)22-23(16-5-7-18(37-4)8-6-16)32(30-28-22)11-17-10-31(29-27-17)12-21(41-20)25(39-14(2)34)26(24)40-15(3)35/h5-8,10,20-21,24-26H,9,11-12H2,1-4H3/t20-,21+,24-,25+,26+/m0/s1. The summed E-state index contributed by atoms with van der Waals surface area (Å²) >= 11 is 0. The van der Waals surface area contributed by atoms with Crippen LogP contribution in [0.3, 0.4) is 0 Å². The lowest BCUT2D eigenvalue weighted by atomic mass is 9.90. The normalized spacial score (nSPS) is 23.8. The summed E-state index contributed by atoms with van der Waals surface area (Å²) in [7, 11) is 1.55. The first-order valence-electron chi connectivity index (χ1n) is 12.8. The average Bonchev–Trinajstić information content (AvgIpc) is 3.54. The van der Waals surface area contributed by atoms with Crippen molar-refractivity contribution in [2.75, 3.05) is 7.11 Å². The molecule has 1 fully saturated rings. The Morgan fingerprint density at radius 2 is 1.51 bits per heavy atom. The molecular weight excluding hydrogens is 540 g/mol. The molecule has 15 heteroatoms. The predicted octanol–water partition coefficient (Wildman–Crippen LogP) is 0.742. The van der Waals surface area contributed by atoms with E-state index in [1.54, 1.807) is 42.3 Å². The number of carbonyl (C=O) groups excluding carboxylic acids is 4. The summed E-state index contributed by atoms with van der Waals surface area (Å²) in [6.07, 6.45) is -4.45. The van der Waals surface area contributed by atoms with Crippen molar-refractivity contribution >= 4 is 23.7 Å². The lowest BCUT2D eigenvalue weighted by Gasteiger charge is -2.44. The van der Waals surface area contributed by atoms with Gasteiger partial charge < -0.3 is 23.7 Å². The fourth-order valence-corrected chi connectivity index (χ4v) is 5.06. The van der Waals surface area contributed by atoms with Gasteiger partial charge in [-0.1, -0.05) is 10.4 Å². The van der Waals surface area contributed by atoms with Gasteiger partial charge >= 0.3 is 17.9 Å². The molecule has 0 unspecified atom stereocenters. The molecule has 2 aliphatic rings. The molecule has 3 aromatic rings. The average molecular weight is 569 g/mol. The maximum Gasteiger partial charge on any atom is 0.303 e. The topological polar surface area (TPSA) is 176 Å². The van der Waals surface area contributed by atoms with E-state index >= 15 is 0 Å². The van der Waals surface area contributed by atoms with Crippen LogP contribution in [0.25, 0.3) is 11.3 Å². The molecule has 5 atom stereocenters. The highest BCUT2D eigenvalue weighted by molar-refractivity contribution is 6.00. The number of hydrogen-bond acceptors (Lipinski definition) is 13. The van der Waals surface area contributed by atoms with E-state index in [-0.39, 0.29) is 25.2 Å². The second kappa shape index (κ2) is 11.4. The van der Waals surface area contributed by atoms with Gasteiger partial charge in [-0.05, 0) is 24.3 Å². The largest absolute Gasteiger partial charge is 0.497 e. The summed E-state index contributed by atoms with van der Waals surface area (Å²) < 4.78 is 31.2. The Morgan fingerprint density at radius 1 is 0.878 bits per heavy atom. The minimum atomic E-state index is -1.28. The third-order valence-electron chi connectivity index (χ3n) is 6.65. The molecule has 1 aromatic carbocycles. The van der Waals surface area contributed by atoms with Crippen molar-refractivity contribution in [2.24, 2.45) is 0 Å². The van der Waals surface area contributed by atoms with Crippen LogP contribution in [0, 0.1) is 0 Å². The minimum Gasteiger partial charge on any atom is -0.497 e. The zero-order valence-electron chi connectivity index (χ0n) is 22.8. The Morgan fingerprint density at radius 3 is 2.15 bits per heavy atom. The molecule has 216 valence electrons. The summed E-state index contributed by atoms with van der Waals surface area (Å²) in [6.45, 7) is 3.70. The van der Waals surface area contributed by atoms with Crippen LogP contribution >= 0.6 is 0 Å². The monoisotopic (exact) mass is 568 g/mol. The second-order valence-corrected chi connectivity index (χ2v) is 9.67. The number of fused-ring (bicyclic) bond motifs is 6. The van der Waals surface area contributed by atoms with Crippen molar-refractivity contribution in [3.8, 4) is 17.0 Å². The van der Waals surface area contributed by atoms with Gasteiger partial charge in [-0.3, -0.25) is 19.2 Å². The molecule has 0 spiro atoms. The predicted molar refractivity (Wildman–Crippen MR) is 135 cm³/mol. The number of Topliss-reactive ketones (excluding diaryl/α,β-unsaturated/α-hetero) is 1. The minimum absolute atomic E-state index is 0.0212. The molecule has 15 nitrogen and oxygen atoms in total. The Labute approximate surface area is 233 Å². The lowest BCUT2D eigenvalue weighted by Crippen LogP contribution is -2.62. The third-order valence-corrected chi connectivity index (χ3v) is 6.65. The van der Waals surface area contributed by atoms with Crippen molar-refractivity contribution in [2.45, 2.75) is 70.8 Å². The molecule has 2 aliphatic heterocycles. The number of ether oxygens (including phenoxy) is 5. The highest BCUT2D eigenvalue weighted by Crippen LogP contribution is 2.33. The van der Waals surface area contributed by atoms with Gasteiger partial charge in [0, 0.05) is 32.8 Å². The van der Waals surface area contributed by atoms with Gasteiger partial charge in [-0.2, -0.15) is 0 Å². The van der Waals surface area contributed by atoms with Gasteiger partial charge in [0.1, 0.15) is 29.3 Å². The van der Waals surface area contributed by atoms with Crippen molar-refractivity contribution in [1.82, 2.24) is 30.0 Å². The molecule has 2 aromatic heterocycles. The Bertz CT molecular complexity index is 1470. The van der Waals surface area contributed by atoms with Crippen LogP contribution in [-0.2, 0) is 46.4 Å². The number of methoxy groups -OCH3 is 1. The van der Waals surface area contributed by atoms with E-state index < -0.39 is 54.2 Å². The Kier molecular flexibility index (Phi) is 7.79. The lowest BCUT2D eigenvalue weighted by molar-refractivity contribution is -0.248. The van der Waals surface area contributed by atoms with Crippen LogP contribution in [0.5, 0.6) is 5.75 Å². The maximum absolute atomic E-state index is 13.8. The number of esters is 3. The first-order chi connectivity index (χ1) is 19.6. The molecule has 4 heterocycles. The second-order valence-electron chi connectivity index (χ2n) is 9.67. The maximum atomic E-state index is 13.8. The summed E-state index contributed by atoms with van der Waals surface area (Å²) in [5.74, 6) is -1.93. The van der Waals surface area contributed by atoms with Gasteiger partial charge in [-0.15, -0.1) is 10.2 Å². The number of rotatable bonds is 5. The van der Waals surface area contributed by atoms with Crippen LogP contribution in [0.1, 0.15) is 43.4 Å². The number of carbonyl (C=O) groups is 4. The quantitative estimate of drug-likeness (QED) is 0.311. The van der Waals surface area contributed by atoms with E-state index in [2.05, 4.69) is 20.6 Å². The smallest absolute Gasteiger partial charge is 0.303 e. The number of hydrogen-bond donors (Lipinski definition) is 0. The molecule has 0 radical (unpaired) electrons. The first-order valence-corrected chi connectivity index (χ1v) is 12.8. The van der Waals surface area contributed by atoms with Gasteiger partial charge in [-0.25, -0.2) is 9.36 Å². The third kappa shape index (κ3) is 5.94. The van der Waals surface area contributed by atoms with Crippen LogP contribution in [0.4, 0.5) is 0 Å².